The molecule has 0 fully saturated rings. The number of hydrazone groups is 1. The lowest BCUT2D eigenvalue weighted by molar-refractivity contribution is -0.124. The van der Waals surface area contributed by atoms with Crippen LogP contribution in [0, 0.1) is 6.92 Å². The van der Waals surface area contributed by atoms with E-state index in [-0.39, 0.29) is 25.4 Å². The largest absolute Gasteiger partial charge is 0.488 e. The molecule has 0 unspecified atom stereocenters. The number of nitrogens with zero attached hydrogens (tertiary/aromatic N) is 1. The summed E-state index contributed by atoms with van der Waals surface area (Å²) in [7, 11) is 0. The number of rotatable bonds is 9. The lowest BCUT2D eigenvalue weighted by atomic mass is 10.2. The summed E-state index contributed by atoms with van der Waals surface area (Å²) in [6, 6.07) is 17.7. The van der Waals surface area contributed by atoms with Crippen molar-refractivity contribution in [2.24, 2.45) is 5.10 Å². The van der Waals surface area contributed by atoms with Gasteiger partial charge in [0.25, 0.3) is 0 Å². The van der Waals surface area contributed by atoms with Crippen LogP contribution in [0.25, 0.3) is 0 Å². The Balaban J connectivity index is 1.51. The minimum Gasteiger partial charge on any atom is -0.488 e. The standard InChI is InChI=1S/C25H22Cl3N3O3/c1-16-6-8-20(13-22(16)28)30-24(32)10-11-25(33)31-29-14-18-12-19(26)7-9-23(18)34-15-17-4-2-3-5-21(17)27/h2-9,12-14H,10-11,15H2,1H3,(H,30,32)(H,31,33). The van der Waals surface area contributed by atoms with Crippen molar-refractivity contribution in [3.05, 3.63) is 92.4 Å². The minimum atomic E-state index is -0.408. The van der Waals surface area contributed by atoms with Gasteiger partial charge in [0, 0.05) is 44.7 Å². The predicted octanol–water partition coefficient (Wildman–Crippen LogP) is 6.40. The summed E-state index contributed by atoms with van der Waals surface area (Å²) in [5.41, 5.74) is 5.30. The molecule has 0 saturated heterocycles. The first-order chi connectivity index (χ1) is 16.3. The molecule has 2 amide bonds. The van der Waals surface area contributed by atoms with Gasteiger partial charge in [-0.25, -0.2) is 5.43 Å². The van der Waals surface area contributed by atoms with E-state index in [2.05, 4.69) is 15.8 Å². The molecule has 6 nitrogen and oxygen atoms in total. The van der Waals surface area contributed by atoms with Gasteiger partial charge < -0.3 is 10.1 Å². The Labute approximate surface area is 212 Å². The highest BCUT2D eigenvalue weighted by molar-refractivity contribution is 6.32. The van der Waals surface area contributed by atoms with E-state index in [1.807, 2.05) is 31.2 Å². The van der Waals surface area contributed by atoms with Crippen LogP contribution < -0.4 is 15.5 Å². The van der Waals surface area contributed by atoms with Gasteiger partial charge in [-0.1, -0.05) is 59.1 Å². The number of aryl methyl sites for hydroxylation is 1. The average Bonchev–Trinajstić information content (AvgIpc) is 2.80. The number of amides is 2. The molecule has 0 aliphatic heterocycles. The molecule has 3 aromatic rings. The number of carbonyl (C=O) groups is 2. The van der Waals surface area contributed by atoms with Gasteiger partial charge in [0.05, 0.1) is 6.21 Å². The normalized spacial score (nSPS) is 10.8. The topological polar surface area (TPSA) is 79.8 Å². The van der Waals surface area contributed by atoms with E-state index >= 15 is 0 Å². The number of ether oxygens (including phenoxy) is 1. The van der Waals surface area contributed by atoms with E-state index in [9.17, 15) is 9.59 Å². The van der Waals surface area contributed by atoms with Gasteiger partial charge in [-0.05, 0) is 48.9 Å². The van der Waals surface area contributed by atoms with Crippen LogP contribution in [-0.4, -0.2) is 18.0 Å². The zero-order valence-electron chi connectivity index (χ0n) is 18.3. The van der Waals surface area contributed by atoms with Gasteiger partial charge in [0.1, 0.15) is 12.4 Å². The maximum absolute atomic E-state index is 12.1. The van der Waals surface area contributed by atoms with Crippen molar-refractivity contribution in [3.63, 3.8) is 0 Å². The third-order valence-corrected chi connectivity index (χ3v) is 5.75. The summed E-state index contributed by atoms with van der Waals surface area (Å²) in [6.45, 7) is 2.13. The summed E-state index contributed by atoms with van der Waals surface area (Å²) < 4.78 is 5.86. The Bertz CT molecular complexity index is 1220. The number of carbonyl (C=O) groups excluding carboxylic acids is 2. The van der Waals surface area contributed by atoms with Gasteiger partial charge in [-0.15, -0.1) is 0 Å². The van der Waals surface area contributed by atoms with Gasteiger partial charge in [0.2, 0.25) is 11.8 Å². The quantitative estimate of drug-likeness (QED) is 0.254. The van der Waals surface area contributed by atoms with Crippen molar-refractivity contribution < 1.29 is 14.3 Å². The Hall–Kier alpha value is -3.06. The highest BCUT2D eigenvalue weighted by Crippen LogP contribution is 2.24. The van der Waals surface area contributed by atoms with Crippen LogP contribution in [0.15, 0.2) is 65.8 Å². The molecule has 0 radical (unpaired) electrons. The molecule has 0 aliphatic rings. The second-order valence-electron chi connectivity index (χ2n) is 7.37. The van der Waals surface area contributed by atoms with E-state index in [1.54, 1.807) is 36.4 Å². The highest BCUT2D eigenvalue weighted by atomic mass is 35.5. The van der Waals surface area contributed by atoms with Crippen molar-refractivity contribution in [3.8, 4) is 5.75 Å². The van der Waals surface area contributed by atoms with Crippen LogP contribution in [0.1, 0.15) is 29.5 Å². The van der Waals surface area contributed by atoms with E-state index in [0.29, 0.717) is 32.1 Å². The first-order valence-corrected chi connectivity index (χ1v) is 11.5. The third-order valence-electron chi connectivity index (χ3n) is 4.74. The van der Waals surface area contributed by atoms with Crippen LogP contribution in [-0.2, 0) is 16.2 Å². The predicted molar refractivity (Wildman–Crippen MR) is 137 cm³/mol. The van der Waals surface area contributed by atoms with Crippen molar-refractivity contribution >= 4 is 58.5 Å². The molecular weight excluding hydrogens is 497 g/mol. The molecule has 0 heterocycles. The molecule has 9 heteroatoms. The van der Waals surface area contributed by atoms with Gasteiger partial charge in [0.15, 0.2) is 0 Å². The van der Waals surface area contributed by atoms with Crippen LogP contribution in [0.2, 0.25) is 15.1 Å². The summed E-state index contributed by atoms with van der Waals surface area (Å²) in [5, 5.41) is 8.32. The summed E-state index contributed by atoms with van der Waals surface area (Å²) in [6.07, 6.45) is 1.39. The second-order valence-corrected chi connectivity index (χ2v) is 8.62. The summed E-state index contributed by atoms with van der Waals surface area (Å²) in [5.74, 6) is -0.184. The van der Waals surface area contributed by atoms with Crippen LogP contribution in [0.5, 0.6) is 5.75 Å². The number of nitrogens with one attached hydrogen (secondary N) is 2. The Morgan fingerprint density at radius 1 is 0.941 bits per heavy atom. The molecular formula is C25H22Cl3N3O3. The monoisotopic (exact) mass is 517 g/mol. The third kappa shape index (κ3) is 7.76. The van der Waals surface area contributed by atoms with E-state index in [4.69, 9.17) is 39.5 Å². The molecule has 3 aromatic carbocycles. The SMILES string of the molecule is Cc1ccc(NC(=O)CCC(=O)NN=Cc2cc(Cl)ccc2OCc2ccccc2Cl)cc1Cl. The number of anilines is 1. The van der Waals surface area contributed by atoms with E-state index in [0.717, 1.165) is 11.1 Å². The molecule has 0 atom stereocenters. The molecule has 3 rings (SSSR count). The molecule has 176 valence electrons. The van der Waals surface area contributed by atoms with Crippen LogP contribution in [0.3, 0.4) is 0 Å². The average molecular weight is 519 g/mol. The molecule has 0 aromatic heterocycles. The maximum atomic E-state index is 12.1. The Kier molecular flexibility index (Phi) is 9.33. The van der Waals surface area contributed by atoms with Crippen LogP contribution >= 0.6 is 34.8 Å². The fourth-order valence-corrected chi connectivity index (χ4v) is 3.42. The van der Waals surface area contributed by atoms with Crippen molar-refractivity contribution in [2.75, 3.05) is 5.32 Å². The van der Waals surface area contributed by atoms with Crippen molar-refractivity contribution in [2.45, 2.75) is 26.4 Å². The fraction of sp³-hybridized carbons (Fsp3) is 0.160. The zero-order chi connectivity index (χ0) is 24.5. The molecule has 0 saturated carbocycles. The van der Waals surface area contributed by atoms with Crippen molar-refractivity contribution in [1.82, 2.24) is 5.43 Å². The van der Waals surface area contributed by atoms with Gasteiger partial charge in [-0.3, -0.25) is 9.59 Å². The highest BCUT2D eigenvalue weighted by Gasteiger charge is 2.09. The number of benzene rings is 3. The molecule has 0 bridgehead atoms. The molecule has 0 spiro atoms. The fourth-order valence-electron chi connectivity index (χ4n) is 2.87. The Morgan fingerprint density at radius 2 is 1.71 bits per heavy atom. The lowest BCUT2D eigenvalue weighted by Crippen LogP contribution is -2.20. The zero-order valence-corrected chi connectivity index (χ0v) is 20.5. The minimum absolute atomic E-state index is 0.00376. The smallest absolute Gasteiger partial charge is 0.240 e. The first-order valence-electron chi connectivity index (χ1n) is 10.4. The number of hydrogen-bond acceptors (Lipinski definition) is 4. The molecule has 0 aliphatic carbocycles. The number of halogens is 3. The Morgan fingerprint density at radius 3 is 2.47 bits per heavy atom. The van der Waals surface area contributed by atoms with E-state index < -0.39 is 5.91 Å². The summed E-state index contributed by atoms with van der Waals surface area (Å²) >= 11 is 18.3. The summed E-state index contributed by atoms with van der Waals surface area (Å²) in [4.78, 5) is 24.2. The first kappa shape index (κ1) is 25.6. The maximum Gasteiger partial charge on any atom is 0.240 e. The second kappa shape index (κ2) is 12.4. The van der Waals surface area contributed by atoms with Gasteiger partial charge in [-0.2, -0.15) is 5.10 Å². The van der Waals surface area contributed by atoms with Crippen molar-refractivity contribution in [1.29, 1.82) is 0 Å². The lowest BCUT2D eigenvalue weighted by Gasteiger charge is -2.10. The molecule has 34 heavy (non-hydrogen) atoms. The number of hydrogen-bond donors (Lipinski definition) is 2. The van der Waals surface area contributed by atoms with E-state index in [1.165, 1.54) is 6.21 Å². The van der Waals surface area contributed by atoms with Crippen LogP contribution in [0.4, 0.5) is 5.69 Å². The van der Waals surface area contributed by atoms with Gasteiger partial charge >= 0.3 is 0 Å². The molecule has 2 N–H and O–H groups in total.